The van der Waals surface area contributed by atoms with Gasteiger partial charge in [-0.15, -0.1) is 0 Å². The van der Waals surface area contributed by atoms with Crippen molar-refractivity contribution in [3.63, 3.8) is 0 Å². The van der Waals surface area contributed by atoms with Gasteiger partial charge < -0.3 is 10.6 Å². The molecule has 0 spiro atoms. The van der Waals surface area contributed by atoms with Gasteiger partial charge in [0.2, 0.25) is 0 Å². The molecule has 2 aromatic carbocycles. The first-order valence-corrected chi connectivity index (χ1v) is 9.43. The maximum atomic E-state index is 14.7. The Morgan fingerprint density at radius 3 is 2.70 bits per heavy atom. The summed E-state index contributed by atoms with van der Waals surface area (Å²) < 4.78 is 14.7. The molecule has 27 heavy (non-hydrogen) atoms. The lowest BCUT2D eigenvalue weighted by molar-refractivity contribution is 0.230. The Morgan fingerprint density at radius 1 is 1.22 bits per heavy atom. The molecule has 5 nitrogen and oxygen atoms in total. The molecule has 2 aliphatic rings. The standard InChI is InChI=1S/C20H22FN5S/c21-18-8-15(10-23-24-20(22)27)6-7-19(18)26-13-16-9-17(26)12-25(16)11-14-4-2-1-3-5-14/h1-8,10,16-17H,9,11-13H2,(H3,22,24,27)/b23-10+/t16?,17-/m0/s1. The van der Waals surface area contributed by atoms with Crippen molar-refractivity contribution in [2.45, 2.75) is 25.0 Å². The Hall–Kier alpha value is -2.51. The first-order chi connectivity index (χ1) is 13.1. The van der Waals surface area contributed by atoms with Crippen molar-refractivity contribution < 1.29 is 4.39 Å². The van der Waals surface area contributed by atoms with Gasteiger partial charge in [-0.25, -0.2) is 4.39 Å². The predicted molar refractivity (Wildman–Crippen MR) is 110 cm³/mol. The van der Waals surface area contributed by atoms with E-state index in [0.717, 1.165) is 26.1 Å². The molecule has 2 heterocycles. The molecule has 0 aliphatic carbocycles. The molecule has 2 aliphatic heterocycles. The number of hydrazone groups is 1. The highest BCUT2D eigenvalue weighted by Crippen LogP contribution is 2.36. The van der Waals surface area contributed by atoms with E-state index in [1.165, 1.54) is 17.8 Å². The topological polar surface area (TPSA) is 56.9 Å². The summed E-state index contributed by atoms with van der Waals surface area (Å²) in [6.07, 6.45) is 2.59. The van der Waals surface area contributed by atoms with Crippen LogP contribution in [0.5, 0.6) is 0 Å². The van der Waals surface area contributed by atoms with E-state index < -0.39 is 0 Å². The Labute approximate surface area is 163 Å². The lowest BCUT2D eigenvalue weighted by Gasteiger charge is -2.35. The minimum atomic E-state index is -0.226. The van der Waals surface area contributed by atoms with Gasteiger partial charge >= 0.3 is 0 Å². The average Bonchev–Trinajstić information content (AvgIpc) is 3.23. The third kappa shape index (κ3) is 3.94. The van der Waals surface area contributed by atoms with Crippen molar-refractivity contribution in [1.82, 2.24) is 10.3 Å². The Balaban J connectivity index is 1.41. The van der Waals surface area contributed by atoms with E-state index in [9.17, 15) is 4.39 Å². The van der Waals surface area contributed by atoms with Gasteiger partial charge in [0.15, 0.2) is 5.11 Å². The van der Waals surface area contributed by atoms with Gasteiger partial charge in [-0.3, -0.25) is 10.3 Å². The van der Waals surface area contributed by atoms with Crippen molar-refractivity contribution in [2.75, 3.05) is 18.0 Å². The van der Waals surface area contributed by atoms with Crippen molar-refractivity contribution in [3.05, 3.63) is 65.5 Å². The fraction of sp³-hybridized carbons (Fsp3) is 0.300. The highest BCUT2D eigenvalue weighted by atomic mass is 32.1. The third-order valence-electron chi connectivity index (χ3n) is 5.25. The predicted octanol–water partition coefficient (Wildman–Crippen LogP) is 2.46. The molecule has 2 atom stereocenters. The molecule has 0 radical (unpaired) electrons. The minimum absolute atomic E-state index is 0.0801. The summed E-state index contributed by atoms with van der Waals surface area (Å²) in [6.45, 7) is 2.80. The van der Waals surface area contributed by atoms with Crippen LogP contribution in [0.1, 0.15) is 17.5 Å². The first kappa shape index (κ1) is 17.9. The number of hydrogen-bond acceptors (Lipinski definition) is 4. The SMILES string of the molecule is NC(=S)N/N=C/c1ccc(N2CC3C[C@H]2CN3Cc2ccccc2)c(F)c1. The second-order valence-electron chi connectivity index (χ2n) is 7.06. The normalized spacial score (nSPS) is 21.9. The van der Waals surface area contributed by atoms with Gasteiger partial charge in [-0.2, -0.15) is 5.10 Å². The van der Waals surface area contributed by atoms with E-state index in [2.05, 4.69) is 56.8 Å². The summed E-state index contributed by atoms with van der Waals surface area (Å²) in [5.41, 5.74) is 10.4. The largest absolute Gasteiger partial charge is 0.375 e. The summed E-state index contributed by atoms with van der Waals surface area (Å²) in [6, 6.07) is 16.5. The number of thiocarbonyl (C=S) groups is 1. The molecule has 7 heteroatoms. The summed E-state index contributed by atoms with van der Waals surface area (Å²) in [5, 5.41) is 3.95. The monoisotopic (exact) mass is 383 g/mol. The van der Waals surface area contributed by atoms with Crippen LogP contribution in [0.2, 0.25) is 0 Å². The highest BCUT2D eigenvalue weighted by molar-refractivity contribution is 7.80. The summed E-state index contributed by atoms with van der Waals surface area (Å²) in [4.78, 5) is 4.71. The van der Waals surface area contributed by atoms with Crippen molar-refractivity contribution in [1.29, 1.82) is 0 Å². The maximum absolute atomic E-state index is 14.7. The van der Waals surface area contributed by atoms with Crippen LogP contribution in [0.3, 0.4) is 0 Å². The molecule has 2 saturated heterocycles. The zero-order chi connectivity index (χ0) is 18.8. The van der Waals surface area contributed by atoms with Crippen molar-refractivity contribution in [3.8, 4) is 0 Å². The Bertz CT molecular complexity index is 857. The molecular weight excluding hydrogens is 361 g/mol. The summed E-state index contributed by atoms with van der Waals surface area (Å²) in [5.74, 6) is -0.226. The molecule has 140 valence electrons. The zero-order valence-corrected chi connectivity index (χ0v) is 15.7. The second kappa shape index (κ2) is 7.62. The molecule has 0 amide bonds. The maximum Gasteiger partial charge on any atom is 0.184 e. The number of rotatable bonds is 5. The lowest BCUT2D eigenvalue weighted by atomic mass is 10.1. The molecule has 2 fully saturated rings. The number of halogens is 1. The van der Waals surface area contributed by atoms with Crippen LogP contribution < -0.4 is 16.1 Å². The Morgan fingerprint density at radius 2 is 2.04 bits per heavy atom. The van der Waals surface area contributed by atoms with Crippen LogP contribution >= 0.6 is 12.2 Å². The summed E-state index contributed by atoms with van der Waals surface area (Å²) in [7, 11) is 0. The molecule has 3 N–H and O–H groups in total. The molecule has 0 saturated carbocycles. The fourth-order valence-electron chi connectivity index (χ4n) is 4.06. The number of hydrogen-bond donors (Lipinski definition) is 2. The van der Waals surface area contributed by atoms with E-state index in [4.69, 9.17) is 5.73 Å². The van der Waals surface area contributed by atoms with Crippen LogP contribution in [0, 0.1) is 5.82 Å². The van der Waals surface area contributed by atoms with E-state index in [1.54, 1.807) is 0 Å². The third-order valence-corrected chi connectivity index (χ3v) is 5.34. The van der Waals surface area contributed by atoms with Gasteiger partial charge in [-0.1, -0.05) is 36.4 Å². The molecule has 2 bridgehead atoms. The fourth-order valence-corrected chi connectivity index (χ4v) is 4.12. The number of anilines is 1. The number of nitrogens with one attached hydrogen (secondary N) is 1. The highest BCUT2D eigenvalue weighted by Gasteiger charge is 2.43. The van der Waals surface area contributed by atoms with Crippen LogP contribution in [-0.2, 0) is 6.54 Å². The van der Waals surface area contributed by atoms with Crippen LogP contribution in [-0.4, -0.2) is 41.4 Å². The smallest absolute Gasteiger partial charge is 0.184 e. The van der Waals surface area contributed by atoms with Crippen molar-refractivity contribution in [2.24, 2.45) is 10.8 Å². The number of benzene rings is 2. The number of piperazine rings is 1. The van der Waals surface area contributed by atoms with Crippen LogP contribution in [0.4, 0.5) is 10.1 Å². The number of nitrogens with two attached hydrogens (primary N) is 1. The zero-order valence-electron chi connectivity index (χ0n) is 14.9. The molecular formula is C20H22FN5S. The quantitative estimate of drug-likeness (QED) is 0.472. The number of nitrogens with zero attached hydrogens (tertiary/aromatic N) is 3. The van der Waals surface area contributed by atoms with E-state index in [-0.39, 0.29) is 10.9 Å². The van der Waals surface area contributed by atoms with E-state index in [0.29, 0.717) is 23.3 Å². The van der Waals surface area contributed by atoms with E-state index >= 15 is 0 Å². The average molecular weight is 383 g/mol. The number of fused-ring (bicyclic) bond motifs is 2. The van der Waals surface area contributed by atoms with Gasteiger partial charge in [0.25, 0.3) is 0 Å². The van der Waals surface area contributed by atoms with Crippen LogP contribution in [0.25, 0.3) is 0 Å². The van der Waals surface area contributed by atoms with Crippen molar-refractivity contribution >= 4 is 29.2 Å². The first-order valence-electron chi connectivity index (χ1n) is 9.03. The van der Waals surface area contributed by atoms with Gasteiger partial charge in [0.1, 0.15) is 5.82 Å². The Kier molecular flexibility index (Phi) is 5.05. The van der Waals surface area contributed by atoms with E-state index in [1.807, 2.05) is 18.2 Å². The lowest BCUT2D eigenvalue weighted by Crippen LogP contribution is -2.46. The molecule has 1 unspecified atom stereocenters. The summed E-state index contributed by atoms with van der Waals surface area (Å²) >= 11 is 4.68. The molecule has 0 aromatic heterocycles. The van der Waals surface area contributed by atoms with Gasteiger partial charge in [-0.05, 0) is 41.9 Å². The minimum Gasteiger partial charge on any atom is -0.375 e. The van der Waals surface area contributed by atoms with Gasteiger partial charge in [0.05, 0.1) is 11.9 Å². The molecule has 2 aromatic rings. The second-order valence-corrected chi connectivity index (χ2v) is 7.50. The molecule has 4 rings (SSSR count). The van der Waals surface area contributed by atoms with Gasteiger partial charge in [0, 0.05) is 31.7 Å². The van der Waals surface area contributed by atoms with Crippen LogP contribution in [0.15, 0.2) is 53.6 Å². The number of likely N-dealkylation sites (tertiary alicyclic amines) is 1.